The highest BCUT2D eigenvalue weighted by Gasteiger charge is 2.62. The van der Waals surface area contributed by atoms with E-state index in [1.165, 1.54) is 0 Å². The van der Waals surface area contributed by atoms with Crippen molar-refractivity contribution in [3.63, 3.8) is 0 Å². The van der Waals surface area contributed by atoms with E-state index in [4.69, 9.17) is 51.2 Å². The van der Waals surface area contributed by atoms with Gasteiger partial charge in [0.1, 0.15) is 0 Å². The topological polar surface area (TPSA) is 56.6 Å². The Labute approximate surface area is 173 Å². The molecule has 2 aromatic rings. The number of alkyl halides is 3. The average Bonchev–Trinajstić information content (AvgIpc) is 3.01. The number of oxime groups is 1. The van der Waals surface area contributed by atoms with Crippen molar-refractivity contribution in [1.29, 1.82) is 0 Å². The van der Waals surface area contributed by atoms with Gasteiger partial charge >= 0.3 is 6.18 Å². The summed E-state index contributed by atoms with van der Waals surface area (Å²) in [6, 6.07) is 7.02. The molecule has 3 rings (SSSR count). The van der Waals surface area contributed by atoms with E-state index in [0.29, 0.717) is 16.1 Å². The normalized spacial score (nSPS) is 19.3. The second-order valence-corrected chi connectivity index (χ2v) is 7.45. The predicted molar refractivity (Wildman–Crippen MR) is 103 cm³/mol. The minimum Gasteiger partial charge on any atom is -0.374 e. The molecule has 2 aromatic carbocycles. The lowest BCUT2D eigenvalue weighted by molar-refractivity contribution is -0.275. The molecule has 0 saturated carbocycles. The maximum atomic E-state index is 14.0. The summed E-state index contributed by atoms with van der Waals surface area (Å²) in [6.45, 7) is 1.75. The molecule has 3 N–H and O–H groups in total. The van der Waals surface area contributed by atoms with Gasteiger partial charge in [0, 0.05) is 17.0 Å². The summed E-state index contributed by atoms with van der Waals surface area (Å²) in [7, 11) is 0. The molecule has 146 valence electrons. The number of aryl methyl sites for hydroxylation is 1. The van der Waals surface area contributed by atoms with Crippen LogP contribution in [0, 0.1) is 6.92 Å². The minimum atomic E-state index is -4.76. The molecular weight excluding hydrogens is 447 g/mol. The molecule has 0 aliphatic carbocycles. The van der Waals surface area contributed by atoms with Crippen molar-refractivity contribution >= 4 is 52.1 Å². The van der Waals surface area contributed by atoms with Crippen LogP contribution in [0.3, 0.4) is 0 Å². The Morgan fingerprint density at radius 1 is 1.00 bits per heavy atom. The maximum Gasteiger partial charge on any atom is 0.435 e. The van der Waals surface area contributed by atoms with Crippen LogP contribution in [0.15, 0.2) is 35.5 Å². The lowest BCUT2D eigenvalue weighted by Crippen LogP contribution is -2.42. The molecule has 1 heterocycles. The Balaban J connectivity index is 0.00000261. The van der Waals surface area contributed by atoms with E-state index in [9.17, 15) is 13.2 Å². The van der Waals surface area contributed by atoms with Crippen LogP contribution in [-0.4, -0.2) is 11.9 Å². The van der Waals surface area contributed by atoms with Crippen LogP contribution in [0.1, 0.15) is 23.1 Å². The zero-order valence-electron chi connectivity index (χ0n) is 13.8. The van der Waals surface area contributed by atoms with E-state index in [1.54, 1.807) is 25.1 Å². The van der Waals surface area contributed by atoms with Crippen molar-refractivity contribution in [1.82, 2.24) is 6.15 Å². The first kappa shape index (κ1) is 22.1. The van der Waals surface area contributed by atoms with Crippen LogP contribution in [-0.2, 0) is 10.4 Å². The Bertz CT molecular complexity index is 895. The standard InChI is InChI=1S/C17H10Cl4F3NO.H3N/c1-8-4-9(2-3-11(8)18)14-7-16(26-25-14,17(22,23)24)10-5-12(19)15(21)13(20)6-10;/h2-6H,7H2,1H3;1H3. The average molecular weight is 460 g/mol. The summed E-state index contributed by atoms with van der Waals surface area (Å²) in [5, 5.41) is 3.97. The van der Waals surface area contributed by atoms with E-state index in [1.807, 2.05) is 0 Å². The van der Waals surface area contributed by atoms with Crippen molar-refractivity contribution < 1.29 is 18.0 Å². The fraction of sp³-hybridized carbons (Fsp3) is 0.235. The van der Waals surface area contributed by atoms with Gasteiger partial charge in [-0.25, -0.2) is 0 Å². The van der Waals surface area contributed by atoms with Crippen LogP contribution in [0.5, 0.6) is 0 Å². The molecule has 1 unspecified atom stereocenters. The highest BCUT2D eigenvalue weighted by molar-refractivity contribution is 6.48. The SMILES string of the molecule is Cc1cc(C2=NOC(c3cc(Cl)c(Cl)c(Cl)c3)(C(F)(F)F)C2)ccc1Cl.N. The van der Waals surface area contributed by atoms with Gasteiger partial charge in [0.25, 0.3) is 5.60 Å². The van der Waals surface area contributed by atoms with Crippen molar-refractivity contribution in [2.75, 3.05) is 0 Å². The third kappa shape index (κ3) is 3.87. The first-order valence-electron chi connectivity index (χ1n) is 7.28. The van der Waals surface area contributed by atoms with Gasteiger partial charge in [-0.05, 0) is 42.3 Å². The zero-order chi connectivity index (χ0) is 19.3. The second-order valence-electron chi connectivity index (χ2n) is 5.85. The van der Waals surface area contributed by atoms with Crippen molar-refractivity contribution in [2.24, 2.45) is 5.16 Å². The molecule has 0 aromatic heterocycles. The molecule has 0 saturated heterocycles. The van der Waals surface area contributed by atoms with E-state index >= 15 is 0 Å². The third-order valence-corrected chi connectivity index (χ3v) is 5.75. The van der Waals surface area contributed by atoms with E-state index < -0.39 is 18.2 Å². The highest BCUT2D eigenvalue weighted by atomic mass is 35.5. The number of halogens is 7. The monoisotopic (exact) mass is 458 g/mol. The summed E-state index contributed by atoms with van der Waals surface area (Å²) < 4.78 is 41.9. The fourth-order valence-electron chi connectivity index (χ4n) is 2.67. The molecule has 1 aliphatic rings. The number of hydrogen-bond acceptors (Lipinski definition) is 3. The largest absolute Gasteiger partial charge is 0.435 e. The number of hydrogen-bond donors (Lipinski definition) is 1. The first-order valence-corrected chi connectivity index (χ1v) is 8.79. The van der Waals surface area contributed by atoms with Gasteiger partial charge in [-0.1, -0.05) is 57.6 Å². The molecule has 0 fully saturated rings. The van der Waals surface area contributed by atoms with Crippen LogP contribution in [0.2, 0.25) is 20.1 Å². The van der Waals surface area contributed by atoms with Crippen LogP contribution < -0.4 is 6.15 Å². The molecule has 0 radical (unpaired) electrons. The summed E-state index contributed by atoms with van der Waals surface area (Å²) in [5.41, 5.74) is -1.62. The molecule has 3 nitrogen and oxygen atoms in total. The van der Waals surface area contributed by atoms with Crippen LogP contribution >= 0.6 is 46.4 Å². The van der Waals surface area contributed by atoms with Gasteiger partial charge in [0.2, 0.25) is 0 Å². The smallest absolute Gasteiger partial charge is 0.374 e. The number of benzene rings is 2. The Morgan fingerprint density at radius 3 is 2.11 bits per heavy atom. The zero-order valence-corrected chi connectivity index (χ0v) is 16.8. The van der Waals surface area contributed by atoms with Gasteiger partial charge in [0.15, 0.2) is 0 Å². The second kappa shape index (κ2) is 7.68. The fourth-order valence-corrected chi connectivity index (χ4v) is 3.39. The molecule has 1 atom stereocenters. The molecular formula is C17H13Cl4F3N2O. The predicted octanol–water partition coefficient (Wildman–Crippen LogP) is 7.35. The third-order valence-electron chi connectivity index (χ3n) is 4.13. The number of rotatable bonds is 2. The van der Waals surface area contributed by atoms with Crippen molar-refractivity contribution in [2.45, 2.75) is 25.1 Å². The molecule has 27 heavy (non-hydrogen) atoms. The minimum absolute atomic E-state index is 0. The molecule has 1 aliphatic heterocycles. The lowest BCUT2D eigenvalue weighted by Gasteiger charge is -2.30. The Kier molecular flexibility index (Phi) is 6.29. The summed E-state index contributed by atoms with van der Waals surface area (Å²) in [5.74, 6) is 0. The summed E-state index contributed by atoms with van der Waals surface area (Å²) in [6.07, 6.45) is -5.30. The van der Waals surface area contributed by atoms with Crippen molar-refractivity contribution in [3.8, 4) is 0 Å². The summed E-state index contributed by atoms with van der Waals surface area (Å²) in [4.78, 5) is 4.95. The van der Waals surface area contributed by atoms with Gasteiger partial charge < -0.3 is 11.0 Å². The number of nitrogens with zero attached hydrogens (tertiary/aromatic N) is 1. The lowest BCUT2D eigenvalue weighted by atomic mass is 9.86. The molecule has 0 spiro atoms. The first-order chi connectivity index (χ1) is 12.0. The van der Waals surface area contributed by atoms with E-state index in [0.717, 1.165) is 12.1 Å². The molecule has 0 amide bonds. The Morgan fingerprint density at radius 2 is 1.59 bits per heavy atom. The van der Waals surface area contributed by atoms with Crippen LogP contribution in [0.4, 0.5) is 13.2 Å². The summed E-state index contributed by atoms with van der Waals surface area (Å²) >= 11 is 23.6. The van der Waals surface area contributed by atoms with Gasteiger partial charge in [0.05, 0.1) is 20.8 Å². The van der Waals surface area contributed by atoms with Crippen LogP contribution in [0.25, 0.3) is 0 Å². The van der Waals surface area contributed by atoms with Crippen molar-refractivity contribution in [3.05, 3.63) is 67.1 Å². The molecule has 0 bridgehead atoms. The Hall–Kier alpha value is -1.18. The maximum absolute atomic E-state index is 14.0. The van der Waals surface area contributed by atoms with Gasteiger partial charge in [-0.2, -0.15) is 13.2 Å². The quantitative estimate of drug-likeness (QED) is 0.477. The van der Waals surface area contributed by atoms with Gasteiger partial charge in [-0.3, -0.25) is 0 Å². The van der Waals surface area contributed by atoms with E-state index in [2.05, 4.69) is 5.16 Å². The van der Waals surface area contributed by atoms with Gasteiger partial charge in [-0.15, -0.1) is 0 Å². The highest BCUT2D eigenvalue weighted by Crippen LogP contribution is 2.50. The van der Waals surface area contributed by atoms with E-state index in [-0.39, 0.29) is 32.5 Å². The molecule has 10 heteroatoms.